The van der Waals surface area contributed by atoms with E-state index in [1.165, 1.54) is 11.6 Å². The molecule has 0 saturated carbocycles. The van der Waals surface area contributed by atoms with Crippen LogP contribution in [0.4, 0.5) is 0 Å². The Balaban J connectivity index is 2.52. The van der Waals surface area contributed by atoms with Crippen molar-refractivity contribution in [3.05, 3.63) is 55.3 Å². The van der Waals surface area contributed by atoms with Gasteiger partial charge in [0.25, 0.3) is 5.56 Å². The molecule has 0 unspecified atom stereocenters. The lowest BCUT2D eigenvalue weighted by Crippen LogP contribution is -2.36. The zero-order valence-electron chi connectivity index (χ0n) is 13.1. The lowest BCUT2D eigenvalue weighted by Gasteiger charge is -2.10. The van der Waals surface area contributed by atoms with Gasteiger partial charge in [-0.1, -0.05) is 23.2 Å². The van der Waals surface area contributed by atoms with Crippen molar-refractivity contribution in [1.82, 2.24) is 13.7 Å². The maximum atomic E-state index is 12.7. The highest BCUT2D eigenvalue weighted by atomic mass is 35.5. The van der Waals surface area contributed by atoms with Crippen molar-refractivity contribution in [2.45, 2.75) is 6.54 Å². The molecule has 1 N–H and O–H groups in total. The highest BCUT2D eigenvalue weighted by Gasteiger charge is 2.20. The molecule has 0 bridgehead atoms. The predicted octanol–water partition coefficient (Wildman–Crippen LogP) is 2.00. The predicted molar refractivity (Wildman–Crippen MR) is 95.0 cm³/mol. The molecule has 1 aromatic carbocycles. The summed E-state index contributed by atoms with van der Waals surface area (Å²) >= 11 is 12.3. The molecule has 3 rings (SSSR count). The summed E-state index contributed by atoms with van der Waals surface area (Å²) < 4.78 is 4.18. The minimum absolute atomic E-state index is 0.118. The van der Waals surface area contributed by atoms with Gasteiger partial charge in [-0.2, -0.15) is 0 Å². The molecule has 0 atom stereocenters. The van der Waals surface area contributed by atoms with E-state index >= 15 is 0 Å². The Morgan fingerprint density at radius 2 is 1.83 bits per heavy atom. The van der Waals surface area contributed by atoms with Crippen LogP contribution < -0.4 is 11.2 Å². The number of fused-ring (bicyclic) bond motifs is 1. The number of hydrogen-bond donors (Lipinski definition) is 1. The van der Waals surface area contributed by atoms with Gasteiger partial charge in [0.05, 0.1) is 28.2 Å². The number of benzene rings is 1. The first kappa shape index (κ1) is 16.8. The summed E-state index contributed by atoms with van der Waals surface area (Å²) in [6.45, 7) is 0.147. The van der Waals surface area contributed by atoms with Crippen molar-refractivity contribution in [3.63, 3.8) is 0 Å². The van der Waals surface area contributed by atoms with E-state index < -0.39 is 11.2 Å². The molecule has 24 heavy (non-hydrogen) atoms. The Kier molecular flexibility index (Phi) is 4.29. The lowest BCUT2D eigenvalue weighted by atomic mass is 10.1. The van der Waals surface area contributed by atoms with Gasteiger partial charge in [-0.15, -0.1) is 0 Å². The van der Waals surface area contributed by atoms with Gasteiger partial charge in [-0.05, 0) is 18.2 Å². The van der Waals surface area contributed by atoms with Crippen LogP contribution in [-0.2, 0) is 20.6 Å². The number of halogens is 2. The Morgan fingerprint density at radius 3 is 2.46 bits per heavy atom. The highest BCUT2D eigenvalue weighted by molar-refractivity contribution is 6.36. The largest absolute Gasteiger partial charge is 0.395 e. The van der Waals surface area contributed by atoms with E-state index in [0.717, 1.165) is 4.57 Å². The third-order valence-electron chi connectivity index (χ3n) is 4.04. The van der Waals surface area contributed by atoms with Crippen LogP contribution in [-0.4, -0.2) is 25.4 Å². The lowest BCUT2D eigenvalue weighted by molar-refractivity contribution is 0.277. The second-order valence-electron chi connectivity index (χ2n) is 5.48. The average molecular weight is 368 g/mol. The van der Waals surface area contributed by atoms with Crippen LogP contribution in [0, 0.1) is 0 Å². The van der Waals surface area contributed by atoms with Crippen molar-refractivity contribution in [3.8, 4) is 11.3 Å². The Bertz CT molecular complexity index is 1060. The highest BCUT2D eigenvalue weighted by Crippen LogP contribution is 2.34. The smallest absolute Gasteiger partial charge is 0.330 e. The Labute approximate surface area is 147 Å². The molecule has 0 radical (unpaired) electrons. The maximum absolute atomic E-state index is 12.7. The fraction of sp³-hybridized carbons (Fsp3) is 0.250. The van der Waals surface area contributed by atoms with Crippen LogP contribution in [0.25, 0.3) is 22.2 Å². The molecule has 0 aliphatic heterocycles. The topological polar surface area (TPSA) is 69.2 Å². The van der Waals surface area contributed by atoms with Gasteiger partial charge in [0, 0.05) is 37.4 Å². The van der Waals surface area contributed by atoms with Crippen molar-refractivity contribution >= 4 is 34.1 Å². The molecule has 2 aromatic heterocycles. The summed E-state index contributed by atoms with van der Waals surface area (Å²) in [4.78, 5) is 24.8. The number of aromatic nitrogens is 3. The molecule has 126 valence electrons. The van der Waals surface area contributed by atoms with Gasteiger partial charge in [0.15, 0.2) is 0 Å². The molecule has 0 saturated heterocycles. The summed E-state index contributed by atoms with van der Waals surface area (Å²) in [5, 5.41) is 10.6. The van der Waals surface area contributed by atoms with Crippen molar-refractivity contribution in [2.75, 3.05) is 6.61 Å². The maximum Gasteiger partial charge on any atom is 0.330 e. The van der Waals surface area contributed by atoms with E-state index in [4.69, 9.17) is 23.2 Å². The van der Waals surface area contributed by atoms with E-state index in [9.17, 15) is 14.7 Å². The molecule has 3 aromatic rings. The van der Waals surface area contributed by atoms with Gasteiger partial charge in [0.1, 0.15) is 0 Å². The molecule has 0 spiro atoms. The second kappa shape index (κ2) is 6.12. The van der Waals surface area contributed by atoms with E-state index in [-0.39, 0.29) is 13.2 Å². The standard InChI is InChI=1S/C16H15Cl2N3O3/c1-19-12-8-21(5-6-22)14(10-4-3-9(17)7-11(10)18)13(12)15(23)20(2)16(19)24/h3-4,7-8,22H,5-6H2,1-2H3. The first-order valence-electron chi connectivity index (χ1n) is 7.22. The zero-order valence-corrected chi connectivity index (χ0v) is 14.6. The van der Waals surface area contributed by atoms with Crippen molar-refractivity contribution in [1.29, 1.82) is 0 Å². The number of rotatable bonds is 3. The van der Waals surface area contributed by atoms with E-state index in [1.807, 2.05) is 0 Å². The SMILES string of the molecule is Cn1c(=O)c2c(-c3ccc(Cl)cc3Cl)n(CCO)cc2n(C)c1=O. The summed E-state index contributed by atoms with van der Waals surface area (Å²) in [7, 11) is 3.03. The normalized spacial score (nSPS) is 11.4. The van der Waals surface area contributed by atoms with Gasteiger partial charge in [-0.3, -0.25) is 13.9 Å². The molecule has 2 heterocycles. The molecule has 6 nitrogen and oxygen atoms in total. The first-order valence-corrected chi connectivity index (χ1v) is 7.97. The number of nitrogens with zero attached hydrogens (tertiary/aromatic N) is 3. The number of hydrogen-bond acceptors (Lipinski definition) is 3. The van der Waals surface area contributed by atoms with Crippen LogP contribution >= 0.6 is 23.2 Å². The van der Waals surface area contributed by atoms with Crippen molar-refractivity contribution < 1.29 is 5.11 Å². The van der Waals surface area contributed by atoms with Gasteiger partial charge in [0.2, 0.25) is 0 Å². The van der Waals surface area contributed by atoms with Gasteiger partial charge < -0.3 is 9.67 Å². The minimum Gasteiger partial charge on any atom is -0.395 e. The zero-order chi connectivity index (χ0) is 17.6. The van der Waals surface area contributed by atoms with Gasteiger partial charge in [-0.25, -0.2) is 4.79 Å². The molecule has 0 fully saturated rings. The third-order valence-corrected chi connectivity index (χ3v) is 4.59. The second-order valence-corrected chi connectivity index (χ2v) is 6.33. The average Bonchev–Trinajstić information content (AvgIpc) is 2.91. The van der Waals surface area contributed by atoms with Crippen molar-refractivity contribution in [2.24, 2.45) is 14.1 Å². The molecular formula is C16H15Cl2N3O3. The summed E-state index contributed by atoms with van der Waals surface area (Å²) in [6, 6.07) is 4.99. The van der Waals surface area contributed by atoms with E-state index in [0.29, 0.717) is 32.2 Å². The molecule has 0 aliphatic carbocycles. The van der Waals surface area contributed by atoms with Crippen LogP contribution in [0.15, 0.2) is 34.0 Å². The third kappa shape index (κ3) is 2.47. The fourth-order valence-corrected chi connectivity index (χ4v) is 3.34. The Morgan fingerprint density at radius 1 is 1.12 bits per heavy atom. The quantitative estimate of drug-likeness (QED) is 0.769. The van der Waals surface area contributed by atoms with Crippen LogP contribution in [0.5, 0.6) is 0 Å². The van der Waals surface area contributed by atoms with Gasteiger partial charge >= 0.3 is 5.69 Å². The summed E-state index contributed by atoms with van der Waals surface area (Å²) in [6.07, 6.45) is 1.68. The van der Waals surface area contributed by atoms with Crippen LogP contribution in [0.2, 0.25) is 10.0 Å². The Hall–Kier alpha value is -2.02. The number of aliphatic hydroxyl groups is 1. The minimum atomic E-state index is -0.414. The monoisotopic (exact) mass is 367 g/mol. The summed E-state index contributed by atoms with van der Waals surface area (Å²) in [5.41, 5.74) is 0.822. The van der Waals surface area contributed by atoms with E-state index in [1.54, 1.807) is 36.0 Å². The molecule has 8 heteroatoms. The fourth-order valence-electron chi connectivity index (χ4n) is 2.84. The molecule has 0 amide bonds. The van der Waals surface area contributed by atoms with Crippen LogP contribution in [0.1, 0.15) is 0 Å². The van der Waals surface area contributed by atoms with E-state index in [2.05, 4.69) is 0 Å². The number of aliphatic hydroxyl groups excluding tert-OH is 1. The summed E-state index contributed by atoms with van der Waals surface area (Å²) in [5.74, 6) is 0. The number of aryl methyl sites for hydroxylation is 1. The molecular weight excluding hydrogens is 353 g/mol. The first-order chi connectivity index (χ1) is 11.4. The van der Waals surface area contributed by atoms with Crippen LogP contribution in [0.3, 0.4) is 0 Å². The molecule has 0 aliphatic rings.